The quantitative estimate of drug-likeness (QED) is 0.387. The van der Waals surface area contributed by atoms with Gasteiger partial charge in [-0.2, -0.15) is 0 Å². The van der Waals surface area contributed by atoms with E-state index in [1.165, 1.54) is 40.8 Å². The zero-order valence-corrected chi connectivity index (χ0v) is 19.8. The molecule has 4 rings (SSSR count). The van der Waals surface area contributed by atoms with Gasteiger partial charge >= 0.3 is 5.97 Å². The first-order valence-corrected chi connectivity index (χ1v) is 12.3. The van der Waals surface area contributed by atoms with Gasteiger partial charge < -0.3 is 18.9 Å². The molecule has 0 aromatic carbocycles. The van der Waals surface area contributed by atoms with Crippen LogP contribution in [0, 0.1) is 0 Å². The summed E-state index contributed by atoms with van der Waals surface area (Å²) in [4.78, 5) is 48.8. The minimum absolute atomic E-state index is 0.0972. The topological polar surface area (TPSA) is 104 Å². The van der Waals surface area contributed by atoms with E-state index in [-0.39, 0.29) is 35.9 Å². The molecule has 1 aliphatic heterocycles. The van der Waals surface area contributed by atoms with Crippen molar-refractivity contribution in [3.63, 3.8) is 0 Å². The molecule has 11 heteroatoms. The van der Waals surface area contributed by atoms with Crippen LogP contribution in [0.1, 0.15) is 32.2 Å². The summed E-state index contributed by atoms with van der Waals surface area (Å²) < 4.78 is 13.1. The summed E-state index contributed by atoms with van der Waals surface area (Å²) in [5, 5.41) is 1.74. The van der Waals surface area contributed by atoms with Crippen LogP contribution in [0.2, 0.25) is 0 Å². The number of thioether (sulfide) groups is 1. The normalized spacial score (nSPS) is 13.2. The Labute approximate surface area is 198 Å². The summed E-state index contributed by atoms with van der Waals surface area (Å²) in [6.45, 7) is 1.01. The highest BCUT2D eigenvalue weighted by Gasteiger charge is 2.28. The van der Waals surface area contributed by atoms with E-state index < -0.39 is 5.97 Å². The summed E-state index contributed by atoms with van der Waals surface area (Å²) in [5.41, 5.74) is 1.42. The van der Waals surface area contributed by atoms with E-state index in [4.69, 9.17) is 9.47 Å². The van der Waals surface area contributed by atoms with Gasteiger partial charge in [0.05, 0.1) is 12.8 Å². The van der Waals surface area contributed by atoms with E-state index in [0.717, 1.165) is 4.34 Å². The molecule has 1 amide bonds. The molecule has 0 bridgehead atoms. The molecule has 0 atom stereocenters. The number of ether oxygens (including phenoxy) is 2. The highest BCUT2D eigenvalue weighted by Crippen LogP contribution is 2.26. The first-order chi connectivity index (χ1) is 16.0. The number of fused-ring (bicyclic) bond motifs is 1. The molecule has 0 radical (unpaired) electrons. The molecule has 33 heavy (non-hydrogen) atoms. The van der Waals surface area contributed by atoms with Crippen molar-refractivity contribution in [2.75, 3.05) is 26.5 Å². The number of pyridine rings is 2. The second-order valence-electron chi connectivity index (χ2n) is 7.17. The van der Waals surface area contributed by atoms with Crippen molar-refractivity contribution in [1.82, 2.24) is 19.4 Å². The van der Waals surface area contributed by atoms with Crippen LogP contribution >= 0.6 is 23.1 Å². The maximum Gasteiger partial charge on any atom is 0.343 e. The average Bonchev–Trinajstić information content (AvgIpc) is 3.22. The van der Waals surface area contributed by atoms with Crippen LogP contribution in [0.25, 0.3) is 0 Å². The fourth-order valence-electron chi connectivity index (χ4n) is 3.63. The van der Waals surface area contributed by atoms with Crippen LogP contribution in [0.15, 0.2) is 45.0 Å². The molecule has 4 heterocycles. The number of amides is 1. The third kappa shape index (κ3) is 4.93. The Morgan fingerprint density at radius 1 is 1.24 bits per heavy atom. The fourth-order valence-corrected chi connectivity index (χ4v) is 4.87. The van der Waals surface area contributed by atoms with Gasteiger partial charge in [-0.1, -0.05) is 17.8 Å². The molecule has 0 saturated heterocycles. The second-order valence-corrected chi connectivity index (χ2v) is 9.08. The SMILES string of the molecule is COC(=O)c1c(OCc2ccccn2)cc(=O)n2c1CCN(C(=O)c1csc(SC)n1)CC2. The van der Waals surface area contributed by atoms with Gasteiger partial charge in [0.2, 0.25) is 0 Å². The van der Waals surface area contributed by atoms with Gasteiger partial charge in [0.1, 0.15) is 28.0 Å². The molecule has 9 nitrogen and oxygen atoms in total. The second kappa shape index (κ2) is 10.2. The standard InChI is InChI=1S/C22H22N4O5S2/c1-30-21(29)19-16-6-8-25(20(28)15-13-33-22(24-15)32-2)9-10-26(16)18(27)11-17(19)31-12-14-5-3-4-7-23-14/h3-5,7,11,13H,6,8-10,12H2,1-2H3. The lowest BCUT2D eigenvalue weighted by Gasteiger charge is -2.18. The minimum Gasteiger partial charge on any atom is -0.486 e. The smallest absolute Gasteiger partial charge is 0.343 e. The van der Waals surface area contributed by atoms with Crippen LogP contribution in [0.4, 0.5) is 0 Å². The molecule has 0 fully saturated rings. The zero-order chi connectivity index (χ0) is 23.4. The van der Waals surface area contributed by atoms with Crippen molar-refractivity contribution < 1.29 is 19.1 Å². The Bertz CT molecular complexity index is 1230. The van der Waals surface area contributed by atoms with E-state index >= 15 is 0 Å². The lowest BCUT2D eigenvalue weighted by Crippen LogP contribution is -2.34. The third-order valence-corrected chi connectivity index (χ3v) is 7.11. The van der Waals surface area contributed by atoms with Crippen molar-refractivity contribution in [1.29, 1.82) is 0 Å². The number of esters is 1. The first kappa shape index (κ1) is 23.0. The molecule has 3 aromatic rings. The highest BCUT2D eigenvalue weighted by molar-refractivity contribution is 8.00. The summed E-state index contributed by atoms with van der Waals surface area (Å²) in [6, 6.07) is 6.70. The Morgan fingerprint density at radius 2 is 2.09 bits per heavy atom. The Morgan fingerprint density at radius 3 is 2.79 bits per heavy atom. The number of rotatable bonds is 6. The predicted octanol–water partition coefficient (Wildman–Crippen LogP) is 2.49. The minimum atomic E-state index is -0.598. The summed E-state index contributed by atoms with van der Waals surface area (Å²) in [5.74, 6) is -0.648. The highest BCUT2D eigenvalue weighted by atomic mass is 32.2. The van der Waals surface area contributed by atoms with Crippen LogP contribution in [-0.2, 0) is 24.3 Å². The van der Waals surface area contributed by atoms with Crippen LogP contribution in [-0.4, -0.2) is 57.8 Å². The Balaban J connectivity index is 1.63. The van der Waals surface area contributed by atoms with Crippen LogP contribution in [0.3, 0.4) is 0 Å². The lowest BCUT2D eigenvalue weighted by atomic mass is 10.1. The summed E-state index contributed by atoms with van der Waals surface area (Å²) in [7, 11) is 1.28. The van der Waals surface area contributed by atoms with Crippen molar-refractivity contribution in [2.45, 2.75) is 23.9 Å². The number of nitrogens with zero attached hydrogens (tertiary/aromatic N) is 4. The molecular formula is C22H22N4O5S2. The average molecular weight is 487 g/mol. The van der Waals surface area contributed by atoms with E-state index in [1.807, 2.05) is 12.3 Å². The van der Waals surface area contributed by atoms with Crippen LogP contribution < -0.4 is 10.3 Å². The number of carbonyl (C=O) groups is 2. The summed E-state index contributed by atoms with van der Waals surface area (Å²) >= 11 is 2.90. The van der Waals surface area contributed by atoms with Gasteiger partial charge in [-0.05, 0) is 18.4 Å². The molecule has 0 N–H and O–H groups in total. The molecular weight excluding hydrogens is 464 g/mol. The Hall–Kier alpha value is -3.18. The molecule has 0 aliphatic carbocycles. The molecule has 3 aromatic heterocycles. The zero-order valence-electron chi connectivity index (χ0n) is 18.1. The van der Waals surface area contributed by atoms with E-state index in [0.29, 0.717) is 36.6 Å². The fraction of sp³-hybridized carbons (Fsp3) is 0.318. The molecule has 172 valence electrons. The maximum atomic E-state index is 13.0. The van der Waals surface area contributed by atoms with Crippen LogP contribution in [0.5, 0.6) is 5.75 Å². The third-order valence-electron chi connectivity index (χ3n) is 5.25. The van der Waals surface area contributed by atoms with Gasteiger partial charge in [0, 0.05) is 49.4 Å². The number of hydrogen-bond donors (Lipinski definition) is 0. The van der Waals surface area contributed by atoms with Gasteiger partial charge in [0.25, 0.3) is 11.5 Å². The molecule has 0 spiro atoms. The largest absolute Gasteiger partial charge is 0.486 e. The summed E-state index contributed by atoms with van der Waals surface area (Å²) in [6.07, 6.45) is 3.84. The van der Waals surface area contributed by atoms with Crippen molar-refractivity contribution >= 4 is 35.0 Å². The number of hydrogen-bond acceptors (Lipinski definition) is 9. The molecule has 1 aliphatic rings. The monoisotopic (exact) mass is 486 g/mol. The number of methoxy groups -OCH3 is 1. The number of aromatic nitrogens is 3. The van der Waals surface area contributed by atoms with Crippen molar-refractivity contribution in [3.05, 3.63) is 68.8 Å². The van der Waals surface area contributed by atoms with Gasteiger partial charge in [-0.25, -0.2) is 9.78 Å². The first-order valence-electron chi connectivity index (χ1n) is 10.2. The van der Waals surface area contributed by atoms with Crippen molar-refractivity contribution in [2.24, 2.45) is 0 Å². The lowest BCUT2D eigenvalue weighted by molar-refractivity contribution is 0.0592. The number of carbonyl (C=O) groups excluding carboxylic acids is 2. The van der Waals surface area contributed by atoms with Gasteiger partial charge in [-0.3, -0.25) is 14.6 Å². The molecule has 0 unspecified atom stereocenters. The maximum absolute atomic E-state index is 13.0. The number of thiazole rings is 1. The predicted molar refractivity (Wildman–Crippen MR) is 124 cm³/mol. The van der Waals surface area contributed by atoms with E-state index in [1.54, 1.807) is 28.6 Å². The Kier molecular flexibility index (Phi) is 7.09. The van der Waals surface area contributed by atoms with Gasteiger partial charge in [-0.15, -0.1) is 11.3 Å². The van der Waals surface area contributed by atoms with Gasteiger partial charge in [0.15, 0.2) is 0 Å². The van der Waals surface area contributed by atoms with E-state index in [2.05, 4.69) is 9.97 Å². The van der Waals surface area contributed by atoms with Crippen molar-refractivity contribution in [3.8, 4) is 5.75 Å². The molecule has 0 saturated carbocycles. The van der Waals surface area contributed by atoms with E-state index in [9.17, 15) is 14.4 Å².